The number of aromatic carboxylic acids is 2. The summed E-state index contributed by atoms with van der Waals surface area (Å²) in [6, 6.07) is 2.79. The van der Waals surface area contributed by atoms with Crippen LogP contribution in [0.2, 0.25) is 0 Å². The summed E-state index contributed by atoms with van der Waals surface area (Å²) in [4.78, 5) is 23.6. The first kappa shape index (κ1) is 32.2. The van der Waals surface area contributed by atoms with Crippen LogP contribution < -0.4 is 10.2 Å². The highest BCUT2D eigenvalue weighted by atomic mass is 16.4. The maximum absolute atomic E-state index is 11.8. The SMILES string of the molecule is CCCCCCCCCCCCc1c(C(=O)[O-])ccc(C(=O)[O-])c1CCCCCCCCCCCC. The smallest absolute Gasteiger partial charge is 0.0718 e. The Morgan fingerprint density at radius 1 is 0.472 bits per heavy atom. The summed E-state index contributed by atoms with van der Waals surface area (Å²) >= 11 is 0. The van der Waals surface area contributed by atoms with Gasteiger partial charge in [0.2, 0.25) is 0 Å². The third-order valence-electron chi connectivity index (χ3n) is 7.43. The molecule has 0 aromatic heterocycles. The topological polar surface area (TPSA) is 80.3 Å². The van der Waals surface area contributed by atoms with Gasteiger partial charge in [0.05, 0.1) is 11.9 Å². The van der Waals surface area contributed by atoms with E-state index in [1.54, 1.807) is 0 Å². The van der Waals surface area contributed by atoms with Gasteiger partial charge in [0.1, 0.15) is 0 Å². The minimum Gasteiger partial charge on any atom is -0.545 e. The first-order valence-corrected chi connectivity index (χ1v) is 15.1. The molecule has 4 heteroatoms. The lowest BCUT2D eigenvalue weighted by Crippen LogP contribution is -2.28. The predicted octanol–water partition coefficient (Wildman–Crippen LogP) is 7.34. The van der Waals surface area contributed by atoms with Gasteiger partial charge in [-0.15, -0.1) is 0 Å². The van der Waals surface area contributed by atoms with Gasteiger partial charge in [-0.2, -0.15) is 0 Å². The summed E-state index contributed by atoms with van der Waals surface area (Å²) in [5.74, 6) is -2.43. The van der Waals surface area contributed by atoms with Gasteiger partial charge in [0.15, 0.2) is 0 Å². The fraction of sp³-hybridized carbons (Fsp3) is 0.750. The van der Waals surface area contributed by atoms with Gasteiger partial charge in [0.25, 0.3) is 0 Å². The molecule has 0 aliphatic heterocycles. The molecule has 0 saturated carbocycles. The van der Waals surface area contributed by atoms with Crippen LogP contribution in [0.4, 0.5) is 0 Å². The van der Waals surface area contributed by atoms with Crippen molar-refractivity contribution in [3.05, 3.63) is 34.4 Å². The van der Waals surface area contributed by atoms with E-state index >= 15 is 0 Å². The number of hydrogen-bond donors (Lipinski definition) is 0. The van der Waals surface area contributed by atoms with Crippen LogP contribution >= 0.6 is 0 Å². The Morgan fingerprint density at radius 3 is 0.972 bits per heavy atom. The molecule has 0 amide bonds. The number of carbonyl (C=O) groups excluding carboxylic acids is 2. The van der Waals surface area contributed by atoms with Crippen LogP contribution in [0.3, 0.4) is 0 Å². The van der Waals surface area contributed by atoms with Gasteiger partial charge < -0.3 is 19.8 Å². The van der Waals surface area contributed by atoms with E-state index in [-0.39, 0.29) is 11.1 Å². The van der Waals surface area contributed by atoms with Crippen LogP contribution in [-0.2, 0) is 12.8 Å². The molecule has 1 aromatic rings. The highest BCUT2D eigenvalue weighted by Gasteiger charge is 2.15. The second-order valence-electron chi connectivity index (χ2n) is 10.6. The Bertz CT molecular complexity index is 664. The standard InChI is InChI=1S/C32H54O4/c1-3-5-7-9-11-13-15-17-19-21-23-27-28(30(32(35)36)26-25-29(27)31(33)34)24-22-20-18-16-14-12-10-8-6-4-2/h25-26H,3-24H2,1-2H3,(H,33,34)(H,35,36)/p-2. The van der Waals surface area contributed by atoms with E-state index in [9.17, 15) is 19.8 Å². The van der Waals surface area contributed by atoms with Crippen LogP contribution in [0.1, 0.15) is 174 Å². The largest absolute Gasteiger partial charge is 0.545 e. The summed E-state index contributed by atoms with van der Waals surface area (Å²) < 4.78 is 0. The van der Waals surface area contributed by atoms with Crippen molar-refractivity contribution < 1.29 is 19.8 Å². The lowest BCUT2D eigenvalue weighted by Gasteiger charge is -2.20. The van der Waals surface area contributed by atoms with Crippen molar-refractivity contribution in [1.82, 2.24) is 0 Å². The minimum atomic E-state index is -1.22. The summed E-state index contributed by atoms with van der Waals surface area (Å²) in [5.41, 5.74) is 1.62. The highest BCUT2D eigenvalue weighted by molar-refractivity contribution is 5.93. The molecule has 1 aromatic carbocycles. The normalized spacial score (nSPS) is 11.2. The Kier molecular flexibility index (Phi) is 19.0. The molecule has 0 unspecified atom stereocenters. The minimum absolute atomic E-state index is 0.151. The Labute approximate surface area is 221 Å². The van der Waals surface area contributed by atoms with Crippen LogP contribution in [0.25, 0.3) is 0 Å². The number of rotatable bonds is 24. The molecule has 0 spiro atoms. The average Bonchev–Trinajstić information content (AvgIpc) is 2.86. The van der Waals surface area contributed by atoms with Gasteiger partial charge in [0, 0.05) is 11.1 Å². The Morgan fingerprint density at radius 2 is 0.722 bits per heavy atom. The monoisotopic (exact) mass is 500 g/mol. The Balaban J connectivity index is 2.55. The molecule has 0 atom stereocenters. The molecular weight excluding hydrogens is 448 g/mol. The van der Waals surface area contributed by atoms with Crippen molar-refractivity contribution in [2.45, 2.75) is 155 Å². The maximum atomic E-state index is 11.8. The number of unbranched alkanes of at least 4 members (excludes halogenated alkanes) is 18. The van der Waals surface area contributed by atoms with E-state index in [1.807, 2.05) is 0 Å². The van der Waals surface area contributed by atoms with Crippen molar-refractivity contribution in [2.75, 3.05) is 0 Å². The summed E-state index contributed by atoms with van der Waals surface area (Å²) in [5, 5.41) is 23.6. The zero-order valence-electron chi connectivity index (χ0n) is 23.3. The quantitative estimate of drug-likeness (QED) is 0.139. The molecule has 0 fully saturated rings. The fourth-order valence-corrected chi connectivity index (χ4v) is 5.22. The fourth-order valence-electron chi connectivity index (χ4n) is 5.22. The van der Waals surface area contributed by atoms with Gasteiger partial charge in [-0.1, -0.05) is 142 Å². The van der Waals surface area contributed by atoms with Crippen LogP contribution in [-0.4, -0.2) is 11.9 Å². The van der Waals surface area contributed by atoms with Crippen molar-refractivity contribution >= 4 is 11.9 Å². The van der Waals surface area contributed by atoms with Crippen molar-refractivity contribution in [3.8, 4) is 0 Å². The predicted molar refractivity (Wildman–Crippen MR) is 146 cm³/mol. The van der Waals surface area contributed by atoms with E-state index in [4.69, 9.17) is 0 Å². The first-order chi connectivity index (χ1) is 17.5. The van der Waals surface area contributed by atoms with Crippen LogP contribution in [0, 0.1) is 0 Å². The molecule has 1 rings (SSSR count). The number of carbonyl (C=O) groups is 2. The molecule has 4 nitrogen and oxygen atoms in total. The first-order valence-electron chi connectivity index (χ1n) is 15.1. The molecular formula is C32H52O4-2. The van der Waals surface area contributed by atoms with Gasteiger partial charge in [-0.25, -0.2) is 0 Å². The number of benzene rings is 1. The lowest BCUT2D eigenvalue weighted by molar-refractivity contribution is -0.256. The van der Waals surface area contributed by atoms with Crippen molar-refractivity contribution in [1.29, 1.82) is 0 Å². The second kappa shape index (κ2) is 21.3. The highest BCUT2D eigenvalue weighted by Crippen LogP contribution is 2.25. The molecule has 206 valence electrons. The van der Waals surface area contributed by atoms with E-state index in [1.165, 1.54) is 102 Å². The van der Waals surface area contributed by atoms with Crippen LogP contribution in [0.5, 0.6) is 0 Å². The molecule has 36 heavy (non-hydrogen) atoms. The zero-order valence-corrected chi connectivity index (χ0v) is 23.3. The van der Waals surface area contributed by atoms with Crippen molar-refractivity contribution in [3.63, 3.8) is 0 Å². The van der Waals surface area contributed by atoms with Gasteiger partial charge in [-0.3, -0.25) is 0 Å². The van der Waals surface area contributed by atoms with E-state index in [0.717, 1.165) is 38.5 Å². The van der Waals surface area contributed by atoms with E-state index < -0.39 is 11.9 Å². The number of carboxylic acid groups (broad SMARTS) is 2. The molecule has 0 radical (unpaired) electrons. The number of hydrogen-bond acceptors (Lipinski definition) is 4. The molecule has 0 N–H and O–H groups in total. The third kappa shape index (κ3) is 14.0. The van der Waals surface area contributed by atoms with Crippen LogP contribution in [0.15, 0.2) is 12.1 Å². The average molecular weight is 501 g/mol. The summed E-state index contributed by atoms with van der Waals surface area (Å²) in [7, 11) is 0. The van der Waals surface area contributed by atoms with Crippen molar-refractivity contribution in [2.24, 2.45) is 0 Å². The molecule has 0 aliphatic rings. The third-order valence-corrected chi connectivity index (χ3v) is 7.43. The van der Waals surface area contributed by atoms with Gasteiger partial charge in [-0.05, 0) is 36.8 Å². The molecule has 0 aliphatic carbocycles. The second-order valence-corrected chi connectivity index (χ2v) is 10.6. The summed E-state index contributed by atoms with van der Waals surface area (Å²) in [6.07, 6.45) is 25.3. The lowest BCUT2D eigenvalue weighted by atomic mass is 9.88. The van der Waals surface area contributed by atoms with E-state index in [0.29, 0.717) is 24.0 Å². The van der Waals surface area contributed by atoms with Gasteiger partial charge >= 0.3 is 0 Å². The molecule has 0 bridgehead atoms. The number of carboxylic acids is 2. The Hall–Kier alpha value is -1.84. The summed E-state index contributed by atoms with van der Waals surface area (Å²) in [6.45, 7) is 4.47. The zero-order chi connectivity index (χ0) is 26.4. The van der Waals surface area contributed by atoms with E-state index in [2.05, 4.69) is 13.8 Å². The molecule has 0 heterocycles. The maximum Gasteiger partial charge on any atom is 0.0718 e. The molecule has 0 saturated heterocycles.